The maximum Gasteiger partial charge on any atom is 0.349 e. The minimum Gasteiger partial charge on any atom is -0.465 e. The molecule has 0 spiro atoms. The Kier molecular flexibility index (Phi) is 6.81. The molecule has 3 rings (SSSR count). The van der Waals surface area contributed by atoms with Crippen LogP contribution in [0.15, 0.2) is 29.2 Å². The molecular formula is C16H21ClN2O4S2. The molecule has 1 unspecified atom stereocenters. The molecule has 1 aliphatic rings. The lowest BCUT2D eigenvalue weighted by Crippen LogP contribution is -2.27. The van der Waals surface area contributed by atoms with E-state index in [2.05, 4.69) is 10.0 Å². The molecule has 0 bridgehead atoms. The molecule has 2 aromatic rings. The average molecular weight is 405 g/mol. The second-order valence-corrected chi connectivity index (χ2v) is 8.55. The second-order valence-electron chi connectivity index (χ2n) is 5.79. The summed E-state index contributed by atoms with van der Waals surface area (Å²) >= 11 is 1.14. The molecule has 1 aromatic carbocycles. The summed E-state index contributed by atoms with van der Waals surface area (Å²) in [5, 5.41) is 3.82. The Morgan fingerprint density at radius 1 is 1.40 bits per heavy atom. The molecule has 0 radical (unpaired) electrons. The van der Waals surface area contributed by atoms with E-state index in [9.17, 15) is 13.2 Å². The largest absolute Gasteiger partial charge is 0.465 e. The van der Waals surface area contributed by atoms with Crippen molar-refractivity contribution in [1.82, 2.24) is 10.0 Å². The van der Waals surface area contributed by atoms with Gasteiger partial charge in [0.25, 0.3) is 0 Å². The van der Waals surface area contributed by atoms with E-state index in [4.69, 9.17) is 4.74 Å². The van der Waals surface area contributed by atoms with Gasteiger partial charge in [0.2, 0.25) is 10.0 Å². The molecule has 1 fully saturated rings. The van der Waals surface area contributed by atoms with Crippen LogP contribution in [-0.4, -0.2) is 41.1 Å². The molecule has 6 nitrogen and oxygen atoms in total. The first-order chi connectivity index (χ1) is 11.5. The second kappa shape index (κ2) is 8.46. The van der Waals surface area contributed by atoms with Crippen molar-refractivity contribution >= 4 is 49.8 Å². The number of methoxy groups -OCH3 is 1. The van der Waals surface area contributed by atoms with Crippen LogP contribution in [0.2, 0.25) is 0 Å². The topological polar surface area (TPSA) is 84.5 Å². The van der Waals surface area contributed by atoms with Crippen LogP contribution < -0.4 is 10.0 Å². The highest BCUT2D eigenvalue weighted by atomic mass is 35.5. The minimum absolute atomic E-state index is 0. The third-order valence-corrected chi connectivity index (χ3v) is 7.02. The standard InChI is InChI=1S/C16H20N2O4S2.ClH/c1-22-16(19)14-15(12-4-2-3-5-13(12)23-14)24(20,21)18-9-7-11-6-8-17-10-11;/h2-5,11,17-18H,6-10H2,1H3;1H. The van der Waals surface area contributed by atoms with Crippen LogP contribution in [0.4, 0.5) is 0 Å². The summed E-state index contributed by atoms with van der Waals surface area (Å²) in [5.74, 6) is -0.136. The van der Waals surface area contributed by atoms with Gasteiger partial charge in [-0.05, 0) is 37.9 Å². The van der Waals surface area contributed by atoms with E-state index in [0.717, 1.165) is 42.0 Å². The van der Waals surface area contributed by atoms with Gasteiger partial charge < -0.3 is 10.1 Å². The first kappa shape index (κ1) is 20.1. The summed E-state index contributed by atoms with van der Waals surface area (Å²) in [6.45, 7) is 2.27. The first-order valence-electron chi connectivity index (χ1n) is 7.83. The number of hydrogen-bond acceptors (Lipinski definition) is 6. The fraction of sp³-hybridized carbons (Fsp3) is 0.438. The first-order valence-corrected chi connectivity index (χ1v) is 10.1. The molecule has 1 aromatic heterocycles. The van der Waals surface area contributed by atoms with Crippen molar-refractivity contribution in [2.75, 3.05) is 26.7 Å². The zero-order valence-electron chi connectivity index (χ0n) is 13.8. The van der Waals surface area contributed by atoms with Crippen LogP contribution in [0.25, 0.3) is 10.1 Å². The van der Waals surface area contributed by atoms with Gasteiger partial charge in [-0.25, -0.2) is 17.9 Å². The molecule has 0 amide bonds. The van der Waals surface area contributed by atoms with Crippen LogP contribution in [0.5, 0.6) is 0 Å². The third kappa shape index (κ3) is 4.32. The number of rotatable bonds is 6. The van der Waals surface area contributed by atoms with Crippen molar-refractivity contribution in [2.24, 2.45) is 5.92 Å². The van der Waals surface area contributed by atoms with Crippen LogP contribution >= 0.6 is 23.7 Å². The van der Waals surface area contributed by atoms with Crippen LogP contribution in [0, 0.1) is 5.92 Å². The Morgan fingerprint density at radius 3 is 2.84 bits per heavy atom. The van der Waals surface area contributed by atoms with E-state index in [0.29, 0.717) is 17.8 Å². The number of thiophene rings is 1. The number of nitrogens with one attached hydrogen (secondary N) is 2. The van der Waals surface area contributed by atoms with Gasteiger partial charge in [0.15, 0.2) is 0 Å². The molecule has 0 aliphatic carbocycles. The number of esters is 1. The number of fused-ring (bicyclic) bond motifs is 1. The Labute approximate surface area is 157 Å². The van der Waals surface area contributed by atoms with E-state index in [-0.39, 0.29) is 22.2 Å². The Balaban J connectivity index is 0.00000225. The minimum atomic E-state index is -3.78. The SMILES string of the molecule is COC(=O)c1sc2ccccc2c1S(=O)(=O)NCCC1CCNC1.Cl. The fourth-order valence-corrected chi connectivity index (χ4v) is 5.81. The smallest absolute Gasteiger partial charge is 0.349 e. The van der Waals surface area contributed by atoms with Gasteiger partial charge in [0.1, 0.15) is 9.77 Å². The van der Waals surface area contributed by atoms with Gasteiger partial charge in [-0.1, -0.05) is 18.2 Å². The molecule has 138 valence electrons. The molecule has 25 heavy (non-hydrogen) atoms. The van der Waals surface area contributed by atoms with Crippen molar-refractivity contribution in [3.63, 3.8) is 0 Å². The molecule has 0 saturated carbocycles. The van der Waals surface area contributed by atoms with Gasteiger partial charge in [0, 0.05) is 16.6 Å². The number of hydrogen-bond donors (Lipinski definition) is 2. The number of carbonyl (C=O) groups is 1. The van der Waals surface area contributed by atoms with Crippen LogP contribution in [0.1, 0.15) is 22.5 Å². The maximum absolute atomic E-state index is 12.8. The van der Waals surface area contributed by atoms with E-state index in [1.54, 1.807) is 18.2 Å². The predicted molar refractivity (Wildman–Crippen MR) is 101 cm³/mol. The molecule has 2 heterocycles. The summed E-state index contributed by atoms with van der Waals surface area (Å²) in [6.07, 6.45) is 1.85. The quantitative estimate of drug-likeness (QED) is 0.722. The van der Waals surface area contributed by atoms with E-state index in [1.807, 2.05) is 6.07 Å². The Bertz CT molecular complexity index is 845. The van der Waals surface area contributed by atoms with Gasteiger partial charge in [-0.3, -0.25) is 0 Å². The lowest BCUT2D eigenvalue weighted by atomic mass is 10.1. The van der Waals surface area contributed by atoms with Crippen molar-refractivity contribution in [2.45, 2.75) is 17.7 Å². The van der Waals surface area contributed by atoms with Gasteiger partial charge in [-0.2, -0.15) is 0 Å². The number of ether oxygens (including phenoxy) is 1. The van der Waals surface area contributed by atoms with E-state index >= 15 is 0 Å². The van der Waals surface area contributed by atoms with Crippen molar-refractivity contribution in [1.29, 1.82) is 0 Å². The molecule has 1 saturated heterocycles. The third-order valence-electron chi connectivity index (χ3n) is 4.20. The lowest BCUT2D eigenvalue weighted by Gasteiger charge is -2.10. The summed E-state index contributed by atoms with van der Waals surface area (Å²) < 4.78 is 33.7. The number of carbonyl (C=O) groups excluding carboxylic acids is 1. The highest BCUT2D eigenvalue weighted by Gasteiger charge is 2.28. The van der Waals surface area contributed by atoms with Crippen LogP contribution in [-0.2, 0) is 14.8 Å². The van der Waals surface area contributed by atoms with E-state index < -0.39 is 16.0 Å². The monoisotopic (exact) mass is 404 g/mol. The summed E-state index contributed by atoms with van der Waals surface area (Å²) in [4.78, 5) is 12.2. The zero-order valence-corrected chi connectivity index (χ0v) is 16.2. The predicted octanol–water partition coefficient (Wildman–Crippen LogP) is 2.39. The van der Waals surface area contributed by atoms with Gasteiger partial charge >= 0.3 is 5.97 Å². The Hall–Kier alpha value is -1.19. The lowest BCUT2D eigenvalue weighted by molar-refractivity contribution is 0.0602. The van der Waals surface area contributed by atoms with E-state index in [1.165, 1.54) is 7.11 Å². The highest BCUT2D eigenvalue weighted by Crippen LogP contribution is 2.35. The molecule has 1 aliphatic heterocycles. The van der Waals surface area contributed by atoms with Crippen molar-refractivity contribution < 1.29 is 17.9 Å². The maximum atomic E-state index is 12.8. The molecular weight excluding hydrogens is 384 g/mol. The number of benzene rings is 1. The van der Waals surface area contributed by atoms with Crippen molar-refractivity contribution in [3.8, 4) is 0 Å². The number of halogens is 1. The summed E-state index contributed by atoms with van der Waals surface area (Å²) in [6, 6.07) is 7.10. The van der Waals surface area contributed by atoms with Gasteiger partial charge in [-0.15, -0.1) is 23.7 Å². The zero-order chi connectivity index (χ0) is 17.2. The average Bonchev–Trinajstić information content (AvgIpc) is 3.21. The van der Waals surface area contributed by atoms with Crippen LogP contribution in [0.3, 0.4) is 0 Å². The molecule has 9 heteroatoms. The molecule has 1 atom stereocenters. The fourth-order valence-electron chi connectivity index (χ4n) is 2.95. The van der Waals surface area contributed by atoms with Crippen molar-refractivity contribution in [3.05, 3.63) is 29.1 Å². The summed E-state index contributed by atoms with van der Waals surface area (Å²) in [7, 11) is -2.53. The molecule has 2 N–H and O–H groups in total. The summed E-state index contributed by atoms with van der Waals surface area (Å²) in [5.41, 5.74) is 0. The normalized spacial score (nSPS) is 17.4. The highest BCUT2D eigenvalue weighted by molar-refractivity contribution is 7.90. The van der Waals surface area contributed by atoms with Gasteiger partial charge in [0.05, 0.1) is 7.11 Å². The number of sulfonamides is 1. The Morgan fingerprint density at radius 2 is 2.16 bits per heavy atom.